The summed E-state index contributed by atoms with van der Waals surface area (Å²) in [5, 5.41) is 6.87. The molecule has 8 aromatic carbocycles. The molecule has 0 fully saturated rings. The van der Waals surface area contributed by atoms with Gasteiger partial charge in [-0.05, 0) is 88.3 Å². The van der Waals surface area contributed by atoms with E-state index in [1.165, 1.54) is 21.9 Å². The van der Waals surface area contributed by atoms with Crippen LogP contribution in [-0.2, 0) is 0 Å². The minimum Gasteiger partial charge on any atom is -0.456 e. The first-order valence-electron chi connectivity index (χ1n) is 16.6. The van der Waals surface area contributed by atoms with Crippen molar-refractivity contribution >= 4 is 71.7 Å². The Hall–Kier alpha value is -6.58. The summed E-state index contributed by atoms with van der Waals surface area (Å²) in [6, 6.07) is 62.2. The van der Waals surface area contributed by atoms with Gasteiger partial charge >= 0.3 is 0 Å². The van der Waals surface area contributed by atoms with E-state index in [0.29, 0.717) is 0 Å². The van der Waals surface area contributed by atoms with Crippen LogP contribution in [0, 0.1) is 0 Å². The Morgan fingerprint density at radius 1 is 0.306 bits per heavy atom. The maximum Gasteiger partial charge on any atom is 0.135 e. The summed E-state index contributed by atoms with van der Waals surface area (Å²) in [7, 11) is 0. The van der Waals surface area contributed by atoms with Crippen LogP contribution in [0.3, 0.4) is 0 Å². The van der Waals surface area contributed by atoms with Crippen LogP contribution in [-0.4, -0.2) is 0 Å². The molecule has 0 bridgehead atoms. The molecule has 10 aromatic rings. The molecule has 0 saturated heterocycles. The van der Waals surface area contributed by atoms with Gasteiger partial charge in [0, 0.05) is 38.3 Å². The second kappa shape index (κ2) is 11.0. The molecule has 0 spiro atoms. The quantitative estimate of drug-likeness (QED) is 0.190. The molecule has 0 aliphatic carbocycles. The molecule has 0 unspecified atom stereocenters. The molecule has 0 aliphatic rings. The van der Waals surface area contributed by atoms with E-state index in [9.17, 15) is 0 Å². The monoisotopic (exact) mass is 627 g/mol. The van der Waals surface area contributed by atoms with E-state index >= 15 is 0 Å². The number of nitrogens with zero attached hydrogens (tertiary/aromatic N) is 1. The van der Waals surface area contributed by atoms with Crippen LogP contribution in [0.5, 0.6) is 0 Å². The van der Waals surface area contributed by atoms with Gasteiger partial charge in [0.2, 0.25) is 0 Å². The first-order valence-corrected chi connectivity index (χ1v) is 16.6. The molecule has 3 heteroatoms. The van der Waals surface area contributed by atoms with Crippen molar-refractivity contribution in [2.24, 2.45) is 0 Å². The predicted molar refractivity (Wildman–Crippen MR) is 204 cm³/mol. The molecule has 0 N–H and O–H groups in total. The van der Waals surface area contributed by atoms with Crippen LogP contribution in [0.25, 0.3) is 76.9 Å². The van der Waals surface area contributed by atoms with Crippen molar-refractivity contribution in [3.63, 3.8) is 0 Å². The van der Waals surface area contributed by atoms with E-state index < -0.39 is 0 Å². The van der Waals surface area contributed by atoms with E-state index in [2.05, 4.69) is 157 Å². The average Bonchev–Trinajstić information content (AvgIpc) is 3.73. The highest BCUT2D eigenvalue weighted by Crippen LogP contribution is 2.44. The number of rotatable bonds is 5. The molecule has 0 amide bonds. The largest absolute Gasteiger partial charge is 0.456 e. The lowest BCUT2D eigenvalue weighted by molar-refractivity contribution is 0.668. The van der Waals surface area contributed by atoms with Crippen molar-refractivity contribution in [2.45, 2.75) is 0 Å². The number of furan rings is 2. The molecular weight excluding hydrogens is 599 g/mol. The summed E-state index contributed by atoms with van der Waals surface area (Å²) in [4.78, 5) is 2.37. The molecule has 49 heavy (non-hydrogen) atoms. The molecular formula is C46H29NO2. The van der Waals surface area contributed by atoms with E-state index in [1.807, 2.05) is 24.3 Å². The number of hydrogen-bond donors (Lipinski definition) is 0. The summed E-state index contributed by atoms with van der Waals surface area (Å²) in [6.07, 6.45) is 0. The molecule has 2 heterocycles. The highest BCUT2D eigenvalue weighted by Gasteiger charge is 2.19. The van der Waals surface area contributed by atoms with E-state index in [0.717, 1.165) is 72.1 Å². The highest BCUT2D eigenvalue weighted by atomic mass is 16.3. The lowest BCUT2D eigenvalue weighted by atomic mass is 9.96. The molecule has 0 radical (unpaired) electrons. The smallest absolute Gasteiger partial charge is 0.135 e. The molecule has 230 valence electrons. The Labute approximate surface area is 282 Å². The Balaban J connectivity index is 1.15. The third-order valence-corrected chi connectivity index (χ3v) is 9.68. The van der Waals surface area contributed by atoms with Crippen molar-refractivity contribution in [1.29, 1.82) is 0 Å². The van der Waals surface area contributed by atoms with Crippen LogP contribution in [0.4, 0.5) is 17.1 Å². The highest BCUT2D eigenvalue weighted by molar-refractivity contribution is 6.10. The van der Waals surface area contributed by atoms with Crippen molar-refractivity contribution < 1.29 is 8.83 Å². The number of fused-ring (bicyclic) bond motifs is 7. The second-order valence-electron chi connectivity index (χ2n) is 12.5. The van der Waals surface area contributed by atoms with Gasteiger partial charge in [-0.2, -0.15) is 0 Å². The Morgan fingerprint density at radius 3 is 1.55 bits per heavy atom. The molecule has 0 aliphatic heterocycles. The fourth-order valence-electron chi connectivity index (χ4n) is 7.34. The summed E-state index contributed by atoms with van der Waals surface area (Å²) in [5.74, 6) is 0. The lowest BCUT2D eigenvalue weighted by Gasteiger charge is -2.28. The summed E-state index contributed by atoms with van der Waals surface area (Å²) in [6.45, 7) is 0. The van der Waals surface area contributed by atoms with Crippen molar-refractivity contribution in [3.8, 4) is 22.3 Å². The van der Waals surface area contributed by atoms with E-state index in [4.69, 9.17) is 8.83 Å². The summed E-state index contributed by atoms with van der Waals surface area (Å²) < 4.78 is 12.3. The summed E-state index contributed by atoms with van der Waals surface area (Å²) >= 11 is 0. The van der Waals surface area contributed by atoms with Gasteiger partial charge in [0.15, 0.2) is 0 Å². The number of benzene rings is 8. The molecule has 10 rings (SSSR count). The average molecular weight is 628 g/mol. The first-order chi connectivity index (χ1) is 24.3. The van der Waals surface area contributed by atoms with E-state index in [-0.39, 0.29) is 0 Å². The standard InChI is InChI=1S/C46H29NO2/c1-2-10-31(11-3-1)35-24-25-42(37-13-5-4-12-36(35)37)47(34-23-27-46-41(29-34)39-15-7-9-17-44(39)49-46)33-21-18-30(19-22-33)32-20-26-45-40(28-32)38-14-6-8-16-43(38)48-45/h1-29H. The number of para-hydroxylation sites is 2. The normalized spacial score (nSPS) is 11.7. The van der Waals surface area contributed by atoms with Crippen molar-refractivity contribution in [1.82, 2.24) is 0 Å². The third-order valence-electron chi connectivity index (χ3n) is 9.68. The van der Waals surface area contributed by atoms with Gasteiger partial charge in [0.25, 0.3) is 0 Å². The van der Waals surface area contributed by atoms with Gasteiger partial charge in [-0.1, -0.05) is 115 Å². The topological polar surface area (TPSA) is 29.5 Å². The van der Waals surface area contributed by atoms with Crippen molar-refractivity contribution in [3.05, 3.63) is 176 Å². The SMILES string of the molecule is c1ccc(-c2ccc(N(c3ccc(-c4ccc5oc6ccccc6c5c4)cc3)c3ccc4oc5ccccc5c4c3)c3ccccc23)cc1. The minimum absolute atomic E-state index is 0.881. The molecule has 3 nitrogen and oxygen atoms in total. The van der Waals surface area contributed by atoms with Crippen LogP contribution in [0.15, 0.2) is 185 Å². The molecule has 0 atom stereocenters. The van der Waals surface area contributed by atoms with E-state index in [1.54, 1.807) is 0 Å². The zero-order valence-corrected chi connectivity index (χ0v) is 26.5. The fraction of sp³-hybridized carbons (Fsp3) is 0. The zero-order chi connectivity index (χ0) is 32.3. The predicted octanol–water partition coefficient (Wildman–Crippen LogP) is 13.4. The first kappa shape index (κ1) is 27.5. The van der Waals surface area contributed by atoms with Gasteiger partial charge in [-0.15, -0.1) is 0 Å². The van der Waals surface area contributed by atoms with Crippen LogP contribution in [0.1, 0.15) is 0 Å². The van der Waals surface area contributed by atoms with Gasteiger partial charge in [-0.25, -0.2) is 0 Å². The summed E-state index contributed by atoms with van der Waals surface area (Å²) in [5.41, 5.74) is 11.6. The maximum atomic E-state index is 6.22. The molecule has 0 saturated carbocycles. The second-order valence-corrected chi connectivity index (χ2v) is 12.5. The van der Waals surface area contributed by atoms with Crippen LogP contribution < -0.4 is 4.90 Å². The van der Waals surface area contributed by atoms with Gasteiger partial charge in [-0.3, -0.25) is 0 Å². The Kier molecular flexibility index (Phi) is 6.18. The van der Waals surface area contributed by atoms with Gasteiger partial charge < -0.3 is 13.7 Å². The zero-order valence-electron chi connectivity index (χ0n) is 26.5. The maximum absolute atomic E-state index is 6.22. The number of hydrogen-bond acceptors (Lipinski definition) is 3. The minimum atomic E-state index is 0.881. The van der Waals surface area contributed by atoms with Gasteiger partial charge in [0.1, 0.15) is 22.3 Å². The Morgan fingerprint density at radius 2 is 0.837 bits per heavy atom. The lowest BCUT2D eigenvalue weighted by Crippen LogP contribution is -2.10. The van der Waals surface area contributed by atoms with Crippen LogP contribution in [0.2, 0.25) is 0 Å². The van der Waals surface area contributed by atoms with Crippen LogP contribution >= 0.6 is 0 Å². The third kappa shape index (κ3) is 4.51. The molecule has 2 aromatic heterocycles. The number of anilines is 3. The van der Waals surface area contributed by atoms with Crippen molar-refractivity contribution in [2.75, 3.05) is 4.90 Å². The fourth-order valence-corrected chi connectivity index (χ4v) is 7.34. The Bertz CT molecular complexity index is 2830. The van der Waals surface area contributed by atoms with Gasteiger partial charge in [0.05, 0.1) is 5.69 Å².